The molecule has 160 valence electrons. The smallest absolute Gasteiger partial charge is 0.266 e. The maximum atomic E-state index is 12.7. The van der Waals surface area contributed by atoms with Crippen molar-refractivity contribution in [2.45, 2.75) is 53.1 Å². The van der Waals surface area contributed by atoms with Gasteiger partial charge in [0.15, 0.2) is 0 Å². The summed E-state index contributed by atoms with van der Waals surface area (Å²) in [5.74, 6) is -0.459. The first-order valence-corrected chi connectivity index (χ1v) is 10.7. The number of nitrogens with one attached hydrogen (secondary N) is 1. The average Bonchev–Trinajstić information content (AvgIpc) is 2.65. The Morgan fingerprint density at radius 1 is 1.23 bits per heavy atom. The van der Waals surface area contributed by atoms with Gasteiger partial charge in [-0.2, -0.15) is 5.26 Å². The number of allylic oxidation sites excluding steroid dienone is 1. The molecule has 2 aromatic rings. The second kappa shape index (κ2) is 8.61. The molecule has 3 rings (SSSR count). The lowest BCUT2D eigenvalue weighted by Gasteiger charge is -2.46. The van der Waals surface area contributed by atoms with Crippen LogP contribution < -0.4 is 10.2 Å². The zero-order valence-electron chi connectivity index (χ0n) is 18.9. The third kappa shape index (κ3) is 4.68. The Morgan fingerprint density at radius 3 is 2.55 bits per heavy atom. The lowest BCUT2D eigenvalue weighted by atomic mass is 9.85. The molecule has 0 fully saturated rings. The lowest BCUT2D eigenvalue weighted by molar-refractivity contribution is -0.112. The van der Waals surface area contributed by atoms with Gasteiger partial charge in [-0.25, -0.2) is 0 Å². The number of hydrogen-bond donors (Lipinski definition) is 1. The van der Waals surface area contributed by atoms with Gasteiger partial charge in [0.05, 0.1) is 5.54 Å². The Balaban J connectivity index is 2.01. The first kappa shape index (κ1) is 22.7. The van der Waals surface area contributed by atoms with Crippen molar-refractivity contribution in [2.24, 2.45) is 0 Å². The molecule has 31 heavy (non-hydrogen) atoms. The van der Waals surface area contributed by atoms with Crippen molar-refractivity contribution in [1.82, 2.24) is 0 Å². The van der Waals surface area contributed by atoms with Crippen molar-refractivity contribution < 1.29 is 4.79 Å². The second-order valence-corrected chi connectivity index (χ2v) is 9.24. The molecule has 1 aliphatic heterocycles. The maximum absolute atomic E-state index is 12.7. The number of aryl methyl sites for hydroxylation is 1. The van der Waals surface area contributed by atoms with Crippen LogP contribution in [-0.4, -0.2) is 17.5 Å². The molecular weight excluding hydrogens is 406 g/mol. The molecule has 1 N–H and O–H groups in total. The molecule has 0 aromatic heterocycles. The standard InChI is InChI=1S/C26H28ClN3O/c1-16(2)30-24-10-17(3)19(12-23(24)18(4)14-26(30,5)6)11-20(15-28)25(31)29-22-9-7-8-21(27)13-22/h7-14,16H,1-6H3,(H,29,31)/b20-11-. The molecule has 1 aliphatic rings. The number of rotatable bonds is 4. The number of carbonyl (C=O) groups excluding carboxylic acids is 1. The molecule has 1 amide bonds. The summed E-state index contributed by atoms with van der Waals surface area (Å²) in [7, 11) is 0. The van der Waals surface area contributed by atoms with E-state index in [0.717, 1.165) is 16.7 Å². The summed E-state index contributed by atoms with van der Waals surface area (Å²) < 4.78 is 0. The number of fused-ring (bicyclic) bond motifs is 1. The molecule has 0 bridgehead atoms. The maximum Gasteiger partial charge on any atom is 0.266 e. The molecule has 0 radical (unpaired) electrons. The highest BCUT2D eigenvalue weighted by molar-refractivity contribution is 6.31. The first-order chi connectivity index (χ1) is 14.5. The van der Waals surface area contributed by atoms with E-state index in [1.165, 1.54) is 11.3 Å². The number of nitriles is 1. The summed E-state index contributed by atoms with van der Waals surface area (Å²) in [4.78, 5) is 15.1. The Morgan fingerprint density at radius 2 is 1.94 bits per heavy atom. The van der Waals surface area contributed by atoms with E-state index in [1.54, 1.807) is 30.3 Å². The quantitative estimate of drug-likeness (QED) is 0.436. The minimum atomic E-state index is -0.459. The Hall–Kier alpha value is -3.03. The van der Waals surface area contributed by atoms with Crippen LogP contribution >= 0.6 is 11.6 Å². The van der Waals surface area contributed by atoms with E-state index in [9.17, 15) is 10.1 Å². The van der Waals surface area contributed by atoms with Gasteiger partial charge in [-0.05, 0) is 94.7 Å². The van der Waals surface area contributed by atoms with Gasteiger partial charge in [0.2, 0.25) is 0 Å². The predicted octanol–water partition coefficient (Wildman–Crippen LogP) is 6.60. The monoisotopic (exact) mass is 433 g/mol. The molecule has 0 spiro atoms. The zero-order valence-corrected chi connectivity index (χ0v) is 19.6. The number of hydrogen-bond acceptors (Lipinski definition) is 3. The highest BCUT2D eigenvalue weighted by Crippen LogP contribution is 2.41. The van der Waals surface area contributed by atoms with Crippen LogP contribution in [0.4, 0.5) is 11.4 Å². The molecule has 0 aliphatic carbocycles. The number of halogens is 1. The largest absolute Gasteiger partial charge is 0.360 e. The molecule has 0 atom stereocenters. The fraction of sp³-hybridized carbons (Fsp3) is 0.308. The van der Waals surface area contributed by atoms with Crippen LogP contribution in [0.1, 0.15) is 51.3 Å². The topological polar surface area (TPSA) is 56.1 Å². The van der Waals surface area contributed by atoms with E-state index in [0.29, 0.717) is 16.8 Å². The van der Waals surface area contributed by atoms with E-state index in [1.807, 2.05) is 13.0 Å². The minimum Gasteiger partial charge on any atom is -0.360 e. The average molecular weight is 434 g/mol. The van der Waals surface area contributed by atoms with Crippen molar-refractivity contribution in [1.29, 1.82) is 5.26 Å². The van der Waals surface area contributed by atoms with Crippen LogP contribution in [0, 0.1) is 18.3 Å². The SMILES string of the molecule is CC1=CC(C)(C)N(C(C)C)c2cc(C)c(/C=C(/C#N)C(=O)Nc3cccc(Cl)c3)cc21. The summed E-state index contributed by atoms with van der Waals surface area (Å²) in [6, 6.07) is 13.5. The van der Waals surface area contributed by atoms with E-state index < -0.39 is 5.91 Å². The van der Waals surface area contributed by atoms with Crippen LogP contribution in [-0.2, 0) is 4.79 Å². The van der Waals surface area contributed by atoms with Crippen LogP contribution in [0.5, 0.6) is 0 Å². The summed E-state index contributed by atoms with van der Waals surface area (Å²) >= 11 is 5.99. The Bertz CT molecular complexity index is 1140. The van der Waals surface area contributed by atoms with Gasteiger partial charge in [0.25, 0.3) is 5.91 Å². The van der Waals surface area contributed by atoms with E-state index >= 15 is 0 Å². The van der Waals surface area contributed by atoms with Gasteiger partial charge in [-0.15, -0.1) is 0 Å². The summed E-state index contributed by atoms with van der Waals surface area (Å²) in [5.41, 5.74) is 5.85. The van der Waals surface area contributed by atoms with E-state index in [2.05, 4.69) is 63.0 Å². The summed E-state index contributed by atoms with van der Waals surface area (Å²) in [5, 5.41) is 12.9. The molecule has 0 saturated heterocycles. The van der Waals surface area contributed by atoms with Gasteiger partial charge in [-0.1, -0.05) is 23.7 Å². The first-order valence-electron chi connectivity index (χ1n) is 10.4. The van der Waals surface area contributed by atoms with Crippen LogP contribution in [0.25, 0.3) is 11.6 Å². The third-order valence-electron chi connectivity index (χ3n) is 5.52. The molecule has 1 heterocycles. The Kier molecular flexibility index (Phi) is 6.29. The fourth-order valence-electron chi connectivity index (χ4n) is 4.38. The lowest BCUT2D eigenvalue weighted by Crippen LogP contribution is -2.49. The molecule has 4 nitrogen and oxygen atoms in total. The van der Waals surface area contributed by atoms with E-state index in [4.69, 9.17) is 11.6 Å². The highest BCUT2D eigenvalue weighted by Gasteiger charge is 2.33. The van der Waals surface area contributed by atoms with Gasteiger partial charge >= 0.3 is 0 Å². The van der Waals surface area contributed by atoms with Gasteiger partial charge < -0.3 is 10.2 Å². The third-order valence-corrected chi connectivity index (χ3v) is 5.76. The minimum absolute atomic E-state index is 0.0431. The highest BCUT2D eigenvalue weighted by atomic mass is 35.5. The van der Waals surface area contributed by atoms with Gasteiger partial charge in [0.1, 0.15) is 11.6 Å². The zero-order chi connectivity index (χ0) is 22.9. The summed E-state index contributed by atoms with van der Waals surface area (Å²) in [6.07, 6.45) is 3.93. The molecule has 0 unspecified atom stereocenters. The number of anilines is 2. The number of benzene rings is 2. The second-order valence-electron chi connectivity index (χ2n) is 8.80. The molecule has 0 saturated carbocycles. The molecule has 5 heteroatoms. The van der Waals surface area contributed by atoms with Gasteiger partial charge in [0, 0.05) is 28.0 Å². The normalized spacial score (nSPS) is 15.3. The van der Waals surface area contributed by atoms with Crippen molar-refractivity contribution in [3.63, 3.8) is 0 Å². The van der Waals surface area contributed by atoms with E-state index in [-0.39, 0.29) is 11.1 Å². The fourth-order valence-corrected chi connectivity index (χ4v) is 4.57. The van der Waals surface area contributed by atoms with Crippen molar-refractivity contribution in [3.05, 3.63) is 69.8 Å². The Labute approximate surface area is 189 Å². The van der Waals surface area contributed by atoms with Crippen LogP contribution in [0.2, 0.25) is 5.02 Å². The van der Waals surface area contributed by atoms with Crippen molar-refractivity contribution in [2.75, 3.05) is 10.2 Å². The van der Waals surface area contributed by atoms with Gasteiger partial charge in [-0.3, -0.25) is 4.79 Å². The number of nitrogens with zero attached hydrogens (tertiary/aromatic N) is 2. The predicted molar refractivity (Wildman–Crippen MR) is 130 cm³/mol. The van der Waals surface area contributed by atoms with Crippen LogP contribution in [0.3, 0.4) is 0 Å². The summed E-state index contributed by atoms with van der Waals surface area (Å²) in [6.45, 7) is 12.9. The van der Waals surface area contributed by atoms with Crippen molar-refractivity contribution in [3.8, 4) is 6.07 Å². The molecule has 2 aromatic carbocycles. The molecular formula is C26H28ClN3O. The number of carbonyl (C=O) groups is 1. The van der Waals surface area contributed by atoms with Crippen LogP contribution in [0.15, 0.2) is 48.0 Å². The number of amides is 1. The van der Waals surface area contributed by atoms with Crippen molar-refractivity contribution >= 4 is 40.5 Å².